The molecule has 2 unspecified atom stereocenters. The van der Waals surface area contributed by atoms with Gasteiger partial charge in [-0.3, -0.25) is 9.59 Å². The summed E-state index contributed by atoms with van der Waals surface area (Å²) in [5.41, 5.74) is -2.47. The van der Waals surface area contributed by atoms with Crippen LogP contribution in [0.3, 0.4) is 0 Å². The van der Waals surface area contributed by atoms with Gasteiger partial charge in [0.15, 0.2) is 0 Å². The van der Waals surface area contributed by atoms with Gasteiger partial charge in [-0.2, -0.15) is 5.26 Å². The van der Waals surface area contributed by atoms with E-state index in [1.165, 1.54) is 13.0 Å². The van der Waals surface area contributed by atoms with E-state index in [4.69, 9.17) is 15.5 Å². The molecule has 86 valence electrons. The second-order valence-electron chi connectivity index (χ2n) is 4.43. The number of aliphatic carboxylic acids is 2. The SMILES string of the molecule is CC1(C(=O)O)C=CCC(CC#N)(C(=O)O)C1. The first-order valence-electron chi connectivity index (χ1n) is 4.88. The Balaban J connectivity index is 3.10. The molecule has 0 fully saturated rings. The molecule has 0 bridgehead atoms. The molecule has 0 spiro atoms. The van der Waals surface area contributed by atoms with Crippen LogP contribution >= 0.6 is 0 Å². The van der Waals surface area contributed by atoms with Gasteiger partial charge in [0.05, 0.1) is 23.3 Å². The van der Waals surface area contributed by atoms with Gasteiger partial charge in [0.1, 0.15) is 0 Å². The Morgan fingerprint density at radius 3 is 2.50 bits per heavy atom. The first kappa shape index (κ1) is 12.2. The van der Waals surface area contributed by atoms with E-state index < -0.39 is 22.8 Å². The van der Waals surface area contributed by atoms with Crippen molar-refractivity contribution >= 4 is 11.9 Å². The number of allylic oxidation sites excluding steroid dienone is 1. The fourth-order valence-corrected chi connectivity index (χ4v) is 2.05. The highest BCUT2D eigenvalue weighted by atomic mass is 16.4. The van der Waals surface area contributed by atoms with Crippen LogP contribution in [0.15, 0.2) is 12.2 Å². The third kappa shape index (κ3) is 1.91. The number of carboxylic acid groups (broad SMARTS) is 2. The lowest BCUT2D eigenvalue weighted by Crippen LogP contribution is -2.41. The lowest BCUT2D eigenvalue weighted by molar-refractivity contribution is -0.155. The van der Waals surface area contributed by atoms with Crippen LogP contribution < -0.4 is 0 Å². The Morgan fingerprint density at radius 1 is 1.44 bits per heavy atom. The molecule has 2 atom stereocenters. The second kappa shape index (κ2) is 3.97. The summed E-state index contributed by atoms with van der Waals surface area (Å²) in [6.07, 6.45) is 3.04. The summed E-state index contributed by atoms with van der Waals surface area (Å²) in [5.74, 6) is -2.17. The number of nitriles is 1. The summed E-state index contributed by atoms with van der Waals surface area (Å²) in [6.45, 7) is 1.47. The van der Waals surface area contributed by atoms with Gasteiger partial charge in [0.25, 0.3) is 0 Å². The van der Waals surface area contributed by atoms with E-state index in [-0.39, 0.29) is 19.3 Å². The number of carboxylic acids is 2. The summed E-state index contributed by atoms with van der Waals surface area (Å²) in [5, 5.41) is 26.9. The van der Waals surface area contributed by atoms with Crippen molar-refractivity contribution in [2.45, 2.75) is 26.2 Å². The first-order chi connectivity index (χ1) is 7.36. The molecular weight excluding hydrogens is 210 g/mol. The number of rotatable bonds is 3. The lowest BCUT2D eigenvalue weighted by atomic mass is 9.65. The molecule has 0 radical (unpaired) electrons. The highest BCUT2D eigenvalue weighted by Crippen LogP contribution is 2.45. The van der Waals surface area contributed by atoms with Gasteiger partial charge >= 0.3 is 11.9 Å². The van der Waals surface area contributed by atoms with Gasteiger partial charge < -0.3 is 10.2 Å². The average molecular weight is 223 g/mol. The van der Waals surface area contributed by atoms with Crippen LogP contribution in [0.25, 0.3) is 0 Å². The van der Waals surface area contributed by atoms with Gasteiger partial charge in [0.2, 0.25) is 0 Å². The van der Waals surface area contributed by atoms with Crippen LogP contribution in [0.5, 0.6) is 0 Å². The summed E-state index contributed by atoms with van der Waals surface area (Å²) >= 11 is 0. The van der Waals surface area contributed by atoms with E-state index in [2.05, 4.69) is 0 Å². The zero-order valence-corrected chi connectivity index (χ0v) is 8.93. The van der Waals surface area contributed by atoms with Crippen molar-refractivity contribution in [3.8, 4) is 6.07 Å². The van der Waals surface area contributed by atoms with Crippen LogP contribution in [-0.4, -0.2) is 22.2 Å². The Morgan fingerprint density at radius 2 is 2.06 bits per heavy atom. The number of hydrogen-bond donors (Lipinski definition) is 2. The fourth-order valence-electron chi connectivity index (χ4n) is 2.05. The van der Waals surface area contributed by atoms with E-state index in [0.29, 0.717) is 0 Å². The van der Waals surface area contributed by atoms with Crippen molar-refractivity contribution in [2.24, 2.45) is 10.8 Å². The Bertz CT molecular complexity index is 395. The zero-order valence-electron chi connectivity index (χ0n) is 8.93. The normalized spacial score (nSPS) is 33.0. The molecule has 1 aliphatic carbocycles. The summed E-state index contributed by atoms with van der Waals surface area (Å²) < 4.78 is 0. The summed E-state index contributed by atoms with van der Waals surface area (Å²) in [7, 11) is 0. The van der Waals surface area contributed by atoms with E-state index in [1.807, 2.05) is 6.07 Å². The van der Waals surface area contributed by atoms with Gasteiger partial charge in [0, 0.05) is 0 Å². The fraction of sp³-hybridized carbons (Fsp3) is 0.545. The molecule has 0 aromatic heterocycles. The number of carbonyl (C=O) groups is 2. The Labute approximate surface area is 93.0 Å². The topological polar surface area (TPSA) is 98.4 Å². The van der Waals surface area contributed by atoms with Gasteiger partial charge in [-0.05, 0) is 19.8 Å². The minimum Gasteiger partial charge on any atom is -0.481 e. The third-order valence-electron chi connectivity index (χ3n) is 3.06. The predicted octanol–water partition coefficient (Wildman–Crippen LogP) is 1.41. The smallest absolute Gasteiger partial charge is 0.313 e. The van der Waals surface area contributed by atoms with Crippen molar-refractivity contribution in [1.82, 2.24) is 0 Å². The quantitative estimate of drug-likeness (QED) is 0.705. The maximum absolute atomic E-state index is 11.2. The number of nitrogens with zero attached hydrogens (tertiary/aromatic N) is 1. The first-order valence-corrected chi connectivity index (χ1v) is 4.88. The molecule has 0 aliphatic heterocycles. The van der Waals surface area contributed by atoms with Crippen molar-refractivity contribution in [1.29, 1.82) is 5.26 Å². The third-order valence-corrected chi connectivity index (χ3v) is 3.06. The average Bonchev–Trinajstić information content (AvgIpc) is 2.17. The van der Waals surface area contributed by atoms with Crippen LogP contribution in [0.2, 0.25) is 0 Å². The van der Waals surface area contributed by atoms with E-state index in [0.717, 1.165) is 0 Å². The second-order valence-corrected chi connectivity index (χ2v) is 4.43. The predicted molar refractivity (Wildman–Crippen MR) is 54.4 cm³/mol. The Hall–Kier alpha value is -1.83. The molecule has 1 rings (SSSR count). The van der Waals surface area contributed by atoms with Crippen molar-refractivity contribution < 1.29 is 19.8 Å². The molecule has 0 amide bonds. The Kier molecular flexibility index (Phi) is 3.04. The van der Waals surface area contributed by atoms with Crippen LogP contribution in [0, 0.1) is 22.2 Å². The highest BCUT2D eigenvalue weighted by Gasteiger charge is 2.48. The minimum absolute atomic E-state index is 0.0469. The molecule has 0 saturated heterocycles. The molecular formula is C11H13NO4. The molecule has 1 aliphatic rings. The molecule has 0 aromatic carbocycles. The highest BCUT2D eigenvalue weighted by molar-refractivity contribution is 5.81. The van der Waals surface area contributed by atoms with Crippen molar-refractivity contribution in [2.75, 3.05) is 0 Å². The number of hydrogen-bond acceptors (Lipinski definition) is 3. The summed E-state index contributed by atoms with van der Waals surface area (Å²) in [4.78, 5) is 22.3. The van der Waals surface area contributed by atoms with Crippen LogP contribution in [0.1, 0.15) is 26.2 Å². The maximum atomic E-state index is 11.2. The standard InChI is InChI=1S/C11H13NO4/c1-10(8(13)14)3-2-4-11(7-10,5-6-12)9(15)16/h2-3H,4-5,7H2,1H3,(H,13,14)(H,15,16). The van der Waals surface area contributed by atoms with Crippen molar-refractivity contribution in [3.63, 3.8) is 0 Å². The van der Waals surface area contributed by atoms with E-state index in [1.54, 1.807) is 6.08 Å². The van der Waals surface area contributed by atoms with Gasteiger partial charge in [-0.1, -0.05) is 12.2 Å². The largest absolute Gasteiger partial charge is 0.481 e. The van der Waals surface area contributed by atoms with Crippen LogP contribution in [0.4, 0.5) is 0 Å². The molecule has 0 saturated carbocycles. The van der Waals surface area contributed by atoms with E-state index in [9.17, 15) is 9.59 Å². The van der Waals surface area contributed by atoms with E-state index >= 15 is 0 Å². The molecule has 5 heteroatoms. The molecule has 16 heavy (non-hydrogen) atoms. The summed E-state index contributed by atoms with van der Waals surface area (Å²) in [6, 6.07) is 1.83. The minimum atomic E-state index is -1.27. The maximum Gasteiger partial charge on any atom is 0.313 e. The molecule has 0 aromatic rings. The molecule has 2 N–H and O–H groups in total. The molecule has 0 heterocycles. The lowest BCUT2D eigenvalue weighted by Gasteiger charge is -2.36. The van der Waals surface area contributed by atoms with Gasteiger partial charge in [-0.25, -0.2) is 0 Å². The van der Waals surface area contributed by atoms with Crippen LogP contribution in [-0.2, 0) is 9.59 Å². The zero-order chi connectivity index (χ0) is 12.4. The monoisotopic (exact) mass is 223 g/mol. The van der Waals surface area contributed by atoms with Gasteiger partial charge in [-0.15, -0.1) is 0 Å². The molecule has 5 nitrogen and oxygen atoms in total. The van der Waals surface area contributed by atoms with Crippen molar-refractivity contribution in [3.05, 3.63) is 12.2 Å².